The van der Waals surface area contributed by atoms with E-state index >= 15 is 0 Å². The number of rotatable bonds is 4. The summed E-state index contributed by atoms with van der Waals surface area (Å²) < 4.78 is 0. The molecular weight excluding hydrogens is 516 g/mol. The monoisotopic (exact) mass is 558 g/mol. The zero-order valence-electron chi connectivity index (χ0n) is 26.4. The molecule has 1 atom stereocenters. The summed E-state index contributed by atoms with van der Waals surface area (Å²) in [6.07, 6.45) is 24.0. The van der Waals surface area contributed by atoms with Crippen LogP contribution in [0.1, 0.15) is 80.0 Å². The third kappa shape index (κ3) is 5.32. The van der Waals surface area contributed by atoms with E-state index in [0.717, 1.165) is 6.42 Å². The molecule has 2 aliphatic carbocycles. The van der Waals surface area contributed by atoms with Gasteiger partial charge in [-0.05, 0) is 105 Å². The minimum atomic E-state index is -0.121. The maximum Gasteiger partial charge on any atom is 0.00845 e. The first kappa shape index (κ1) is 28.7. The maximum atomic E-state index is 2.42. The molecule has 0 radical (unpaired) electrons. The molecule has 0 heterocycles. The first-order valence-electron chi connectivity index (χ1n) is 15.7. The van der Waals surface area contributed by atoms with Crippen molar-refractivity contribution in [1.82, 2.24) is 0 Å². The van der Waals surface area contributed by atoms with Crippen molar-refractivity contribution < 1.29 is 0 Å². The van der Waals surface area contributed by atoms with Crippen molar-refractivity contribution >= 4 is 40.6 Å². The van der Waals surface area contributed by atoms with Crippen LogP contribution in [0.3, 0.4) is 0 Å². The van der Waals surface area contributed by atoms with Crippen molar-refractivity contribution in [3.05, 3.63) is 148 Å². The van der Waals surface area contributed by atoms with Crippen LogP contribution in [0, 0.1) is 12.8 Å². The number of aryl methyl sites for hydroxylation is 1. The number of benzene rings is 4. The third-order valence-corrected chi connectivity index (χ3v) is 9.20. The average molecular weight is 559 g/mol. The molecule has 0 N–H and O–H groups in total. The highest BCUT2D eigenvalue weighted by molar-refractivity contribution is 6.10. The lowest BCUT2D eigenvalue weighted by molar-refractivity contribution is 0.672. The zero-order chi connectivity index (χ0) is 30.1. The van der Waals surface area contributed by atoms with Gasteiger partial charge in [-0.15, -0.1) is 0 Å². The lowest BCUT2D eigenvalue weighted by Crippen LogP contribution is -2.14. The number of fused-ring (bicyclic) bond motifs is 3. The molecule has 43 heavy (non-hydrogen) atoms. The van der Waals surface area contributed by atoms with Crippen molar-refractivity contribution in [1.29, 1.82) is 0 Å². The summed E-state index contributed by atoms with van der Waals surface area (Å²) in [5, 5.41) is 2.62. The second-order valence-electron chi connectivity index (χ2n) is 12.6. The highest BCUT2D eigenvalue weighted by Crippen LogP contribution is 2.46. The van der Waals surface area contributed by atoms with Crippen LogP contribution in [0.2, 0.25) is 0 Å². The van der Waals surface area contributed by atoms with Gasteiger partial charge in [0.2, 0.25) is 0 Å². The fourth-order valence-corrected chi connectivity index (χ4v) is 6.94. The van der Waals surface area contributed by atoms with Crippen LogP contribution in [0.4, 0.5) is 0 Å². The van der Waals surface area contributed by atoms with Gasteiger partial charge in [-0.3, -0.25) is 0 Å². The van der Waals surface area contributed by atoms with E-state index in [1.807, 2.05) is 0 Å². The Morgan fingerprint density at radius 3 is 2.16 bits per heavy atom. The van der Waals surface area contributed by atoms with Gasteiger partial charge in [0.05, 0.1) is 0 Å². The molecule has 4 aromatic carbocycles. The second-order valence-corrected chi connectivity index (χ2v) is 12.6. The molecule has 0 saturated heterocycles. The Morgan fingerprint density at radius 1 is 0.744 bits per heavy atom. The second kappa shape index (κ2) is 11.7. The Kier molecular flexibility index (Phi) is 7.80. The predicted octanol–water partition coefficient (Wildman–Crippen LogP) is 12.2. The van der Waals surface area contributed by atoms with Crippen molar-refractivity contribution in [3.8, 4) is 11.1 Å². The Balaban J connectivity index is 1.74. The minimum Gasteiger partial charge on any atom is -0.0874 e. The lowest BCUT2D eigenvalue weighted by Gasteiger charge is -2.26. The molecule has 214 valence electrons. The van der Waals surface area contributed by atoms with E-state index in [1.165, 1.54) is 72.0 Å². The molecule has 6 rings (SSSR count). The molecule has 0 fully saturated rings. The number of allylic oxidation sites excluding steroid dienone is 8. The molecule has 0 aliphatic heterocycles. The van der Waals surface area contributed by atoms with Gasteiger partial charge in [-0.25, -0.2) is 0 Å². The van der Waals surface area contributed by atoms with Crippen LogP contribution < -0.4 is 0 Å². The van der Waals surface area contributed by atoms with Gasteiger partial charge in [-0.1, -0.05) is 148 Å². The molecule has 2 aliphatic rings. The van der Waals surface area contributed by atoms with Gasteiger partial charge < -0.3 is 0 Å². The lowest BCUT2D eigenvalue weighted by atomic mass is 9.78. The summed E-state index contributed by atoms with van der Waals surface area (Å²) in [5.74, 6) is 0.462. The number of hydrogen-bond acceptors (Lipinski definition) is 0. The number of hydrogen-bond donors (Lipinski definition) is 0. The van der Waals surface area contributed by atoms with Gasteiger partial charge >= 0.3 is 0 Å². The summed E-state index contributed by atoms with van der Waals surface area (Å²) in [7, 11) is 0. The normalized spacial score (nSPS) is 19.3. The summed E-state index contributed by atoms with van der Waals surface area (Å²) in [5.41, 5.74) is 14.4. The first-order chi connectivity index (χ1) is 20.8. The van der Waals surface area contributed by atoms with E-state index in [-0.39, 0.29) is 5.41 Å². The largest absolute Gasteiger partial charge is 0.0874 e. The van der Waals surface area contributed by atoms with Crippen molar-refractivity contribution in [2.75, 3.05) is 0 Å². The summed E-state index contributed by atoms with van der Waals surface area (Å²) in [6, 6.07) is 24.8. The van der Waals surface area contributed by atoms with Gasteiger partial charge in [0.15, 0.2) is 0 Å². The molecule has 0 aromatic heterocycles. The van der Waals surface area contributed by atoms with Gasteiger partial charge in [0.1, 0.15) is 0 Å². The smallest absolute Gasteiger partial charge is 0.00845 e. The van der Waals surface area contributed by atoms with Crippen LogP contribution in [0.5, 0.6) is 0 Å². The van der Waals surface area contributed by atoms with Crippen LogP contribution in [-0.2, 0) is 5.41 Å². The highest BCUT2D eigenvalue weighted by Gasteiger charge is 2.26. The van der Waals surface area contributed by atoms with E-state index in [1.54, 1.807) is 0 Å². The fraction of sp³-hybridized carbons (Fsp3) is 0.209. The molecule has 0 nitrogen and oxygen atoms in total. The van der Waals surface area contributed by atoms with Crippen LogP contribution in [-0.4, -0.2) is 0 Å². The van der Waals surface area contributed by atoms with E-state index < -0.39 is 0 Å². The molecule has 0 heteroatoms. The van der Waals surface area contributed by atoms with E-state index in [2.05, 4.69) is 169 Å². The molecule has 0 amide bonds. The Bertz CT molecular complexity index is 1890. The molecule has 0 bridgehead atoms. The Morgan fingerprint density at radius 2 is 1.44 bits per heavy atom. The highest BCUT2D eigenvalue weighted by atomic mass is 14.3. The third-order valence-electron chi connectivity index (χ3n) is 9.20. The average Bonchev–Trinajstić information content (AvgIpc) is 3.05. The fourth-order valence-electron chi connectivity index (χ4n) is 6.94. The quantitative estimate of drug-likeness (QED) is 0.234. The van der Waals surface area contributed by atoms with Crippen LogP contribution in [0.15, 0.2) is 109 Å². The summed E-state index contributed by atoms with van der Waals surface area (Å²) in [6.45, 7) is 13.4. The standard InChI is InChI=1S/C43H42/c1-7-13-31-19-21-34(27-29(31)3)41-36-16-10-11-17-37(36)42(35-22-20-32(14-8-2)30(4)28-35)39-25-26-43(5,6)40-18-12-9-15-33(40)23-24-38(39)41/h7-27,30H,28H2,1-6H3/b13-7-,14-8-,24-23+,26-25+. The predicted molar refractivity (Wildman–Crippen MR) is 191 cm³/mol. The molecule has 1 unspecified atom stereocenters. The molecule has 4 aromatic rings. The zero-order valence-corrected chi connectivity index (χ0v) is 26.4. The van der Waals surface area contributed by atoms with Gasteiger partial charge in [0, 0.05) is 5.41 Å². The van der Waals surface area contributed by atoms with E-state index in [9.17, 15) is 0 Å². The van der Waals surface area contributed by atoms with Crippen molar-refractivity contribution in [2.24, 2.45) is 5.92 Å². The summed E-state index contributed by atoms with van der Waals surface area (Å²) >= 11 is 0. The van der Waals surface area contributed by atoms with Crippen LogP contribution >= 0.6 is 0 Å². The topological polar surface area (TPSA) is 0 Å². The Hall–Kier alpha value is -4.42. The maximum absolute atomic E-state index is 2.42. The molecule has 0 saturated carbocycles. The van der Waals surface area contributed by atoms with Gasteiger partial charge in [-0.2, -0.15) is 0 Å². The minimum absolute atomic E-state index is 0.121. The van der Waals surface area contributed by atoms with E-state index in [4.69, 9.17) is 0 Å². The van der Waals surface area contributed by atoms with Crippen molar-refractivity contribution in [2.45, 2.75) is 53.4 Å². The summed E-state index contributed by atoms with van der Waals surface area (Å²) in [4.78, 5) is 0. The van der Waals surface area contributed by atoms with Gasteiger partial charge in [0.25, 0.3) is 0 Å². The Labute approximate surface area is 258 Å². The SMILES string of the molecule is C/C=C\C1=CC=C(c2c3c(c(-c4ccc(/C=C\C)c(C)c4)c4ccccc24)/C=C/c2ccccc2C(C)(C)/C=C/3)CC1C. The first-order valence-corrected chi connectivity index (χ1v) is 15.7. The van der Waals surface area contributed by atoms with Crippen LogP contribution in [0.25, 0.3) is 51.8 Å². The van der Waals surface area contributed by atoms with Crippen molar-refractivity contribution in [3.63, 3.8) is 0 Å². The van der Waals surface area contributed by atoms with E-state index in [0.29, 0.717) is 5.92 Å². The molecule has 0 spiro atoms. The molecular formula is C43H42.